The number of carboxylic acids is 1. The van der Waals surface area contributed by atoms with Gasteiger partial charge in [0.2, 0.25) is 0 Å². The molecule has 0 saturated heterocycles. The summed E-state index contributed by atoms with van der Waals surface area (Å²) in [4.78, 5) is 14.8. The van der Waals surface area contributed by atoms with E-state index in [1.807, 2.05) is 0 Å². The fourth-order valence-electron chi connectivity index (χ4n) is 0.962. The fourth-order valence-corrected chi connectivity index (χ4v) is 1.38. The lowest BCUT2D eigenvalue weighted by molar-refractivity contribution is 0.0698. The van der Waals surface area contributed by atoms with Gasteiger partial charge in [-0.1, -0.05) is 15.9 Å². The number of carbonyl (C=O) groups is 1. The Morgan fingerprint density at radius 1 is 1.60 bits per heavy atom. The second kappa shape index (κ2) is 5.14. The fraction of sp³-hybridized carbons (Fsp3) is 0.111. The van der Waals surface area contributed by atoms with E-state index in [0.29, 0.717) is 10.2 Å². The molecule has 0 fully saturated rings. The van der Waals surface area contributed by atoms with Crippen LogP contribution in [0.1, 0.15) is 10.4 Å². The highest BCUT2D eigenvalue weighted by molar-refractivity contribution is 9.10. The zero-order valence-corrected chi connectivity index (χ0v) is 9.92. The summed E-state index contributed by atoms with van der Waals surface area (Å²) in [5.74, 6) is -0.811. The Kier molecular flexibility index (Phi) is 4.11. The van der Waals surface area contributed by atoms with Gasteiger partial charge in [-0.3, -0.25) is 0 Å². The summed E-state index contributed by atoms with van der Waals surface area (Å²) in [5.41, 5.74) is 5.80. The number of aliphatic imine (C=N–C) groups is 1. The molecule has 0 atom stereocenters. The van der Waals surface area contributed by atoms with Crippen LogP contribution in [0.4, 0.5) is 5.69 Å². The van der Waals surface area contributed by atoms with Gasteiger partial charge in [0.15, 0.2) is 0 Å². The number of hydrogen-bond acceptors (Lipinski definition) is 2. The second-order valence-corrected chi connectivity index (χ2v) is 3.89. The van der Waals surface area contributed by atoms with E-state index in [9.17, 15) is 4.79 Å². The van der Waals surface area contributed by atoms with Crippen LogP contribution in [0.5, 0.6) is 0 Å². The maximum Gasteiger partial charge on any atom is 0.337 e. The lowest BCUT2D eigenvalue weighted by Gasteiger charge is -2.02. The largest absolute Gasteiger partial charge is 0.478 e. The van der Waals surface area contributed by atoms with Crippen molar-refractivity contribution in [1.82, 2.24) is 0 Å². The van der Waals surface area contributed by atoms with Crippen molar-refractivity contribution in [2.45, 2.75) is 0 Å². The summed E-state index contributed by atoms with van der Waals surface area (Å²) >= 11 is 8.63. The Morgan fingerprint density at radius 3 is 2.80 bits per heavy atom. The van der Waals surface area contributed by atoms with Crippen LogP contribution in [0.15, 0.2) is 27.7 Å². The van der Waals surface area contributed by atoms with Crippen LogP contribution in [0.2, 0.25) is 0 Å². The van der Waals surface area contributed by atoms with Gasteiger partial charge >= 0.3 is 5.97 Å². The second-order valence-electron chi connectivity index (χ2n) is 2.70. The van der Waals surface area contributed by atoms with Gasteiger partial charge in [0.05, 0.1) is 17.1 Å². The lowest BCUT2D eigenvalue weighted by atomic mass is 10.2. The smallest absolute Gasteiger partial charge is 0.337 e. The van der Waals surface area contributed by atoms with Gasteiger partial charge in [-0.15, -0.1) is 11.6 Å². The summed E-state index contributed by atoms with van der Waals surface area (Å²) in [6, 6.07) is 4.71. The van der Waals surface area contributed by atoms with E-state index in [2.05, 4.69) is 20.9 Å². The van der Waals surface area contributed by atoms with Crippen LogP contribution in [-0.2, 0) is 0 Å². The number of aromatic carboxylic acids is 1. The first-order chi connectivity index (χ1) is 7.04. The van der Waals surface area contributed by atoms with E-state index in [1.165, 1.54) is 6.07 Å². The third kappa shape index (κ3) is 3.21. The first kappa shape index (κ1) is 12.0. The summed E-state index contributed by atoms with van der Waals surface area (Å²) in [6.45, 7) is 0. The van der Waals surface area contributed by atoms with Gasteiger partial charge in [0.25, 0.3) is 0 Å². The molecule has 0 bridgehead atoms. The van der Waals surface area contributed by atoms with E-state index < -0.39 is 5.97 Å². The number of nitrogens with two attached hydrogens (primary N) is 1. The predicted molar refractivity (Wildman–Crippen MR) is 63.1 cm³/mol. The van der Waals surface area contributed by atoms with Crippen molar-refractivity contribution in [1.29, 1.82) is 0 Å². The van der Waals surface area contributed by atoms with Crippen LogP contribution < -0.4 is 5.73 Å². The number of benzene rings is 1. The molecule has 4 nitrogen and oxygen atoms in total. The van der Waals surface area contributed by atoms with E-state index in [4.69, 9.17) is 22.4 Å². The minimum Gasteiger partial charge on any atom is -0.478 e. The van der Waals surface area contributed by atoms with Gasteiger partial charge in [0.1, 0.15) is 5.84 Å². The summed E-state index contributed by atoms with van der Waals surface area (Å²) in [7, 11) is 0. The maximum absolute atomic E-state index is 10.9. The molecule has 0 aliphatic rings. The lowest BCUT2D eigenvalue weighted by Crippen LogP contribution is -2.12. The van der Waals surface area contributed by atoms with Crippen molar-refractivity contribution in [2.75, 3.05) is 5.88 Å². The number of alkyl halides is 1. The van der Waals surface area contributed by atoms with E-state index >= 15 is 0 Å². The van der Waals surface area contributed by atoms with Gasteiger partial charge in [-0.25, -0.2) is 9.79 Å². The van der Waals surface area contributed by atoms with Gasteiger partial charge < -0.3 is 10.8 Å². The first-order valence-electron chi connectivity index (χ1n) is 3.96. The molecule has 0 spiro atoms. The molecular weight excluding hydrogens is 283 g/mol. The van der Waals surface area contributed by atoms with Crippen LogP contribution in [0, 0.1) is 0 Å². The quantitative estimate of drug-likeness (QED) is 0.510. The molecule has 0 aliphatic heterocycles. The molecule has 0 aliphatic carbocycles. The van der Waals surface area contributed by atoms with Gasteiger partial charge in [-0.2, -0.15) is 0 Å². The van der Waals surface area contributed by atoms with Crippen molar-refractivity contribution < 1.29 is 9.90 Å². The normalized spacial score (nSPS) is 11.5. The SMILES string of the molecule is NC(CCl)=Nc1ccc(Br)cc1C(=O)O. The minimum atomic E-state index is -1.06. The highest BCUT2D eigenvalue weighted by Crippen LogP contribution is 2.23. The zero-order valence-electron chi connectivity index (χ0n) is 7.58. The Morgan fingerprint density at radius 2 is 2.27 bits per heavy atom. The zero-order chi connectivity index (χ0) is 11.4. The molecular formula is C9H8BrClN2O2. The van der Waals surface area contributed by atoms with Crippen LogP contribution >= 0.6 is 27.5 Å². The Hall–Kier alpha value is -1.07. The number of halogens is 2. The molecule has 6 heteroatoms. The van der Waals surface area contributed by atoms with Crippen LogP contribution in [-0.4, -0.2) is 22.8 Å². The Balaban J connectivity index is 3.23. The molecule has 0 aromatic heterocycles. The standard InChI is InChI=1S/C9H8BrClN2O2/c10-5-1-2-7(13-8(12)4-11)6(3-5)9(14)15/h1-3H,4H2,(H2,12,13)(H,14,15). The molecule has 0 saturated carbocycles. The van der Waals surface area contributed by atoms with Crippen molar-refractivity contribution in [3.8, 4) is 0 Å². The molecule has 1 aromatic rings. The number of hydrogen-bond donors (Lipinski definition) is 2. The van der Waals surface area contributed by atoms with E-state index in [1.54, 1.807) is 12.1 Å². The van der Waals surface area contributed by atoms with E-state index in [-0.39, 0.29) is 17.3 Å². The highest BCUT2D eigenvalue weighted by Gasteiger charge is 2.10. The monoisotopic (exact) mass is 290 g/mol. The molecule has 0 unspecified atom stereocenters. The number of carboxylic acid groups (broad SMARTS) is 1. The van der Waals surface area contributed by atoms with Crippen molar-refractivity contribution >= 4 is 45.0 Å². The molecule has 80 valence electrons. The summed E-state index contributed by atoms with van der Waals surface area (Å²) < 4.78 is 0.670. The highest BCUT2D eigenvalue weighted by atomic mass is 79.9. The maximum atomic E-state index is 10.9. The summed E-state index contributed by atoms with van der Waals surface area (Å²) in [5, 5.41) is 8.91. The Labute approximate surface area is 99.9 Å². The summed E-state index contributed by atoms with van der Waals surface area (Å²) in [6.07, 6.45) is 0. The Bertz CT molecular complexity index is 421. The molecule has 1 rings (SSSR count). The average molecular weight is 292 g/mol. The first-order valence-corrected chi connectivity index (χ1v) is 5.29. The number of amidine groups is 1. The molecule has 0 radical (unpaired) electrons. The predicted octanol–water partition coefficient (Wildman–Crippen LogP) is 2.37. The third-order valence-electron chi connectivity index (χ3n) is 1.59. The van der Waals surface area contributed by atoms with E-state index in [0.717, 1.165) is 0 Å². The molecule has 0 amide bonds. The van der Waals surface area contributed by atoms with Crippen molar-refractivity contribution in [3.63, 3.8) is 0 Å². The average Bonchev–Trinajstić information content (AvgIpc) is 2.20. The number of nitrogens with zero attached hydrogens (tertiary/aromatic N) is 1. The van der Waals surface area contributed by atoms with Crippen molar-refractivity contribution in [2.24, 2.45) is 10.7 Å². The molecule has 0 heterocycles. The van der Waals surface area contributed by atoms with Crippen LogP contribution in [0.25, 0.3) is 0 Å². The van der Waals surface area contributed by atoms with Crippen LogP contribution in [0.3, 0.4) is 0 Å². The molecule has 3 N–H and O–H groups in total. The number of rotatable bonds is 3. The molecule has 1 aromatic carbocycles. The van der Waals surface area contributed by atoms with Crippen molar-refractivity contribution in [3.05, 3.63) is 28.2 Å². The minimum absolute atomic E-state index is 0.0646. The van der Waals surface area contributed by atoms with Gasteiger partial charge in [-0.05, 0) is 18.2 Å². The molecule has 15 heavy (non-hydrogen) atoms. The van der Waals surface area contributed by atoms with Gasteiger partial charge in [0, 0.05) is 4.47 Å². The third-order valence-corrected chi connectivity index (χ3v) is 2.36. The topological polar surface area (TPSA) is 75.7 Å².